The minimum absolute atomic E-state index is 0.0287. The van der Waals surface area contributed by atoms with E-state index in [2.05, 4.69) is 22.4 Å². The highest BCUT2D eigenvalue weighted by Crippen LogP contribution is 2.19. The number of hydrogen-bond acceptors (Lipinski definition) is 4. The van der Waals surface area contributed by atoms with Crippen molar-refractivity contribution in [3.05, 3.63) is 95.8 Å². The van der Waals surface area contributed by atoms with Crippen LogP contribution in [0.5, 0.6) is 0 Å². The van der Waals surface area contributed by atoms with E-state index >= 15 is 0 Å². The maximum atomic E-state index is 13.0. The van der Waals surface area contributed by atoms with Crippen molar-refractivity contribution in [2.45, 2.75) is 25.6 Å². The Balaban J connectivity index is 1.31. The molecular weight excluding hydrogens is 390 g/mol. The van der Waals surface area contributed by atoms with Crippen LogP contribution in [0.4, 0.5) is 5.69 Å². The summed E-state index contributed by atoms with van der Waals surface area (Å²) < 4.78 is 6.02. The minimum atomic E-state index is -0.255. The van der Waals surface area contributed by atoms with Gasteiger partial charge in [-0.3, -0.25) is 14.6 Å². The molecule has 2 amide bonds. The van der Waals surface area contributed by atoms with Crippen molar-refractivity contribution in [1.82, 2.24) is 9.88 Å². The van der Waals surface area contributed by atoms with Crippen molar-refractivity contribution in [3.8, 4) is 0 Å². The van der Waals surface area contributed by atoms with E-state index in [4.69, 9.17) is 4.74 Å². The fourth-order valence-electron chi connectivity index (χ4n) is 3.63. The molecule has 2 heterocycles. The van der Waals surface area contributed by atoms with Gasteiger partial charge in [-0.15, -0.1) is 0 Å². The predicted octanol–water partition coefficient (Wildman–Crippen LogP) is 4.16. The number of pyridine rings is 1. The Morgan fingerprint density at radius 3 is 2.48 bits per heavy atom. The summed E-state index contributed by atoms with van der Waals surface area (Å²) in [6.45, 7) is 1.91. The molecule has 1 N–H and O–H groups in total. The molecule has 3 aromatic rings. The molecule has 6 nitrogen and oxygen atoms in total. The number of carbonyl (C=O) groups is 2. The van der Waals surface area contributed by atoms with Crippen LogP contribution in [-0.4, -0.2) is 40.9 Å². The zero-order valence-corrected chi connectivity index (χ0v) is 17.2. The fraction of sp³-hybridized carbons (Fsp3) is 0.240. The van der Waals surface area contributed by atoms with Crippen molar-refractivity contribution in [2.75, 3.05) is 18.4 Å². The zero-order chi connectivity index (χ0) is 21.5. The van der Waals surface area contributed by atoms with Gasteiger partial charge < -0.3 is 15.0 Å². The maximum Gasteiger partial charge on any atom is 0.257 e. The van der Waals surface area contributed by atoms with Crippen LogP contribution in [0.2, 0.25) is 0 Å². The standard InChI is InChI=1S/C25H25N3O3/c29-24(21-9-5-13-26-17-21)27-22-10-4-8-20(16-22)25(30)28-14-11-23(12-15-28)31-18-19-6-2-1-3-7-19/h1-10,13,16-17,23H,11-12,14-15,18H2,(H,27,29). The highest BCUT2D eigenvalue weighted by molar-refractivity contribution is 6.04. The number of likely N-dealkylation sites (tertiary alicyclic amines) is 1. The predicted molar refractivity (Wildman–Crippen MR) is 119 cm³/mol. The van der Waals surface area contributed by atoms with Gasteiger partial charge in [0, 0.05) is 36.7 Å². The van der Waals surface area contributed by atoms with Crippen molar-refractivity contribution in [1.29, 1.82) is 0 Å². The van der Waals surface area contributed by atoms with E-state index in [9.17, 15) is 9.59 Å². The molecule has 1 aliphatic heterocycles. The summed E-state index contributed by atoms with van der Waals surface area (Å²) in [7, 11) is 0. The average Bonchev–Trinajstić information content (AvgIpc) is 2.84. The largest absolute Gasteiger partial charge is 0.373 e. The first kappa shape index (κ1) is 20.8. The summed E-state index contributed by atoms with van der Waals surface area (Å²) in [6.07, 6.45) is 4.92. The van der Waals surface area contributed by atoms with Gasteiger partial charge in [0.25, 0.3) is 11.8 Å². The third-order valence-corrected chi connectivity index (χ3v) is 5.35. The SMILES string of the molecule is O=C(Nc1cccc(C(=O)N2CCC(OCc3ccccc3)CC2)c1)c1cccnc1. The summed E-state index contributed by atoms with van der Waals surface area (Å²) in [5.74, 6) is -0.284. The molecule has 0 bridgehead atoms. The van der Waals surface area contributed by atoms with Crippen LogP contribution in [-0.2, 0) is 11.3 Å². The van der Waals surface area contributed by atoms with Gasteiger partial charge in [-0.05, 0) is 48.7 Å². The van der Waals surface area contributed by atoms with E-state index in [-0.39, 0.29) is 17.9 Å². The van der Waals surface area contributed by atoms with E-state index in [0.29, 0.717) is 36.5 Å². The summed E-state index contributed by atoms with van der Waals surface area (Å²) in [6, 6.07) is 20.6. The maximum absolute atomic E-state index is 13.0. The lowest BCUT2D eigenvalue weighted by molar-refractivity contribution is -0.000382. The third kappa shape index (κ3) is 5.55. The van der Waals surface area contributed by atoms with Gasteiger partial charge in [0.1, 0.15) is 0 Å². The van der Waals surface area contributed by atoms with E-state index < -0.39 is 0 Å². The number of anilines is 1. The second-order valence-corrected chi connectivity index (χ2v) is 7.56. The lowest BCUT2D eigenvalue weighted by Crippen LogP contribution is -2.40. The lowest BCUT2D eigenvalue weighted by Gasteiger charge is -2.32. The van der Waals surface area contributed by atoms with Gasteiger partial charge in [0.2, 0.25) is 0 Å². The van der Waals surface area contributed by atoms with E-state index in [0.717, 1.165) is 18.4 Å². The monoisotopic (exact) mass is 415 g/mol. The smallest absolute Gasteiger partial charge is 0.257 e. The van der Waals surface area contributed by atoms with Crippen LogP contribution in [0.3, 0.4) is 0 Å². The number of nitrogens with zero attached hydrogens (tertiary/aromatic N) is 2. The molecule has 6 heteroatoms. The molecule has 1 aromatic heterocycles. The summed E-state index contributed by atoms with van der Waals surface area (Å²) in [5.41, 5.74) is 2.77. The number of rotatable bonds is 6. The molecule has 0 spiro atoms. The number of aromatic nitrogens is 1. The number of nitrogens with one attached hydrogen (secondary N) is 1. The highest BCUT2D eigenvalue weighted by atomic mass is 16.5. The molecule has 1 fully saturated rings. The van der Waals surface area contributed by atoms with Gasteiger partial charge in [-0.25, -0.2) is 0 Å². The van der Waals surface area contributed by atoms with Crippen LogP contribution < -0.4 is 5.32 Å². The number of amides is 2. The molecule has 4 rings (SSSR count). The van der Waals surface area contributed by atoms with Gasteiger partial charge in [-0.2, -0.15) is 0 Å². The van der Waals surface area contributed by atoms with Gasteiger partial charge in [-0.1, -0.05) is 36.4 Å². The number of piperidine rings is 1. The Kier molecular flexibility index (Phi) is 6.69. The van der Waals surface area contributed by atoms with Crippen LogP contribution in [0.15, 0.2) is 79.1 Å². The Morgan fingerprint density at radius 2 is 1.74 bits per heavy atom. The summed E-state index contributed by atoms with van der Waals surface area (Å²) in [5, 5.41) is 2.83. The highest BCUT2D eigenvalue weighted by Gasteiger charge is 2.24. The molecular formula is C25H25N3O3. The Bertz CT molecular complexity index is 1020. The van der Waals surface area contributed by atoms with E-state index in [1.54, 1.807) is 42.6 Å². The Labute approximate surface area is 181 Å². The van der Waals surface area contributed by atoms with E-state index in [1.165, 1.54) is 6.20 Å². The normalized spacial score (nSPS) is 14.3. The molecule has 0 unspecified atom stereocenters. The third-order valence-electron chi connectivity index (χ3n) is 5.35. The first-order valence-corrected chi connectivity index (χ1v) is 10.5. The van der Waals surface area contributed by atoms with Crippen molar-refractivity contribution < 1.29 is 14.3 Å². The van der Waals surface area contributed by atoms with Crippen LogP contribution >= 0.6 is 0 Å². The van der Waals surface area contributed by atoms with Crippen LogP contribution in [0.25, 0.3) is 0 Å². The van der Waals surface area contributed by atoms with Crippen LogP contribution in [0, 0.1) is 0 Å². The molecule has 0 saturated carbocycles. The average molecular weight is 415 g/mol. The second-order valence-electron chi connectivity index (χ2n) is 7.56. The first-order chi connectivity index (χ1) is 15.2. The number of ether oxygens (including phenoxy) is 1. The van der Waals surface area contributed by atoms with Crippen molar-refractivity contribution >= 4 is 17.5 Å². The topological polar surface area (TPSA) is 71.5 Å². The molecule has 1 aliphatic rings. The quantitative estimate of drug-likeness (QED) is 0.656. The summed E-state index contributed by atoms with van der Waals surface area (Å²) in [4.78, 5) is 31.1. The lowest BCUT2D eigenvalue weighted by atomic mass is 10.1. The van der Waals surface area contributed by atoms with Gasteiger partial charge in [0.05, 0.1) is 18.3 Å². The molecule has 0 aliphatic carbocycles. The summed E-state index contributed by atoms with van der Waals surface area (Å²) >= 11 is 0. The minimum Gasteiger partial charge on any atom is -0.373 e. The molecule has 31 heavy (non-hydrogen) atoms. The Morgan fingerprint density at radius 1 is 0.968 bits per heavy atom. The Hall–Kier alpha value is -3.51. The second kappa shape index (κ2) is 10.00. The molecule has 158 valence electrons. The zero-order valence-electron chi connectivity index (χ0n) is 17.2. The van der Waals surface area contributed by atoms with Gasteiger partial charge in [0.15, 0.2) is 0 Å². The number of benzene rings is 2. The van der Waals surface area contributed by atoms with E-state index in [1.807, 2.05) is 23.1 Å². The molecule has 2 aromatic carbocycles. The van der Waals surface area contributed by atoms with Gasteiger partial charge >= 0.3 is 0 Å². The fourth-order valence-corrected chi connectivity index (χ4v) is 3.63. The number of hydrogen-bond donors (Lipinski definition) is 1. The molecule has 0 atom stereocenters. The first-order valence-electron chi connectivity index (χ1n) is 10.5. The molecule has 1 saturated heterocycles. The van der Waals surface area contributed by atoms with Crippen molar-refractivity contribution in [2.24, 2.45) is 0 Å². The molecule has 0 radical (unpaired) electrons. The van der Waals surface area contributed by atoms with Crippen LogP contribution in [0.1, 0.15) is 39.1 Å². The number of carbonyl (C=O) groups excluding carboxylic acids is 2. The van der Waals surface area contributed by atoms with Crippen molar-refractivity contribution in [3.63, 3.8) is 0 Å².